The van der Waals surface area contributed by atoms with Crippen LogP contribution in [-0.4, -0.2) is 170 Å². The summed E-state index contributed by atoms with van der Waals surface area (Å²) in [5.74, 6) is -0.150. The predicted molar refractivity (Wildman–Crippen MR) is 216 cm³/mol. The van der Waals surface area contributed by atoms with Crippen molar-refractivity contribution in [3.63, 3.8) is 0 Å². The molecule has 0 radical (unpaired) electrons. The van der Waals surface area contributed by atoms with Crippen molar-refractivity contribution in [1.29, 1.82) is 0 Å². The van der Waals surface area contributed by atoms with Gasteiger partial charge in [0.1, 0.15) is 42.7 Å². The molecule has 7 aliphatic rings. The van der Waals surface area contributed by atoms with Crippen LogP contribution in [0.3, 0.4) is 0 Å². The molecule has 6 fully saturated rings. The number of hydrogen-bond donors (Lipinski definition) is 5. The summed E-state index contributed by atoms with van der Waals surface area (Å²) in [6.07, 6.45) is -8.01. The van der Waals surface area contributed by atoms with Gasteiger partial charge in [0.15, 0.2) is 25.0 Å². The van der Waals surface area contributed by atoms with Crippen LogP contribution in [0.25, 0.3) is 0 Å². The van der Waals surface area contributed by atoms with E-state index in [4.69, 9.17) is 42.6 Å². The molecule has 4 aliphatic carbocycles. The number of carbonyl (C=O) groups excluding carboxylic acids is 1. The van der Waals surface area contributed by atoms with Gasteiger partial charge in [-0.25, -0.2) is 8.42 Å². The van der Waals surface area contributed by atoms with Crippen molar-refractivity contribution in [2.45, 2.75) is 197 Å². The van der Waals surface area contributed by atoms with Crippen molar-refractivity contribution >= 4 is 16.4 Å². The topological polar surface area (TPSA) is 268 Å². The van der Waals surface area contributed by atoms with E-state index < -0.39 is 121 Å². The maximum atomic E-state index is 12.0. The van der Waals surface area contributed by atoms with E-state index in [0.29, 0.717) is 18.8 Å². The van der Waals surface area contributed by atoms with Gasteiger partial charge in [0.05, 0.1) is 43.2 Å². The van der Waals surface area contributed by atoms with Crippen LogP contribution in [0.5, 0.6) is 0 Å². The first-order valence-electron chi connectivity index (χ1n) is 22.5. The second kappa shape index (κ2) is 19.3. The molecule has 7 rings (SSSR count). The molecule has 0 aromatic rings. The number of rotatable bonds is 13. The summed E-state index contributed by atoms with van der Waals surface area (Å²) in [5, 5.41) is 54.0. The van der Waals surface area contributed by atoms with Gasteiger partial charge in [-0.05, 0) is 94.3 Å². The Morgan fingerprint density at radius 3 is 2.24 bits per heavy atom. The molecule has 3 aliphatic heterocycles. The fourth-order valence-corrected chi connectivity index (χ4v) is 13.1. The largest absolute Gasteiger partial charge is 0.726 e. The second-order valence-electron chi connectivity index (χ2n) is 19.5. The van der Waals surface area contributed by atoms with Crippen molar-refractivity contribution in [2.75, 3.05) is 20.8 Å². The van der Waals surface area contributed by atoms with Crippen LogP contribution in [0.2, 0.25) is 0 Å². The third-order valence-corrected chi connectivity index (χ3v) is 16.3. The standard InChI is InChI=1S/C43H70O19S/c1-19(44)32-28(60-40-36(49)35(48)34(47)30(61-40)18-55-63(50,51)52)16-27-25-10-9-23-15-24(11-13-42(23,5)26(25)12-14-43(27,32)6)59-31-17-29(53-7)37(21(3)56-31)62-41-39(58-22(4)45)38(54-8)33(46)20(2)57-41/h9,19-21,24-41,44,46-49H,10-18H2,1-8H3,(H,50,51,52)/p-1/t19-,20+,21+,24-,25+,26-,27-,28+,29-,30+,31-,32-,33-,34+,35-,36+,37+,38-,39+,40+,41-,42-,43-/m0/s1. The number of ether oxygens (including phenoxy) is 9. The Labute approximate surface area is 369 Å². The van der Waals surface area contributed by atoms with Crippen molar-refractivity contribution in [3.05, 3.63) is 11.6 Å². The highest BCUT2D eigenvalue weighted by molar-refractivity contribution is 7.80. The smallest absolute Gasteiger partial charge is 0.303 e. The molecule has 0 amide bonds. The Balaban J connectivity index is 0.998. The van der Waals surface area contributed by atoms with Crippen molar-refractivity contribution in [2.24, 2.45) is 34.5 Å². The van der Waals surface area contributed by atoms with Crippen LogP contribution in [0.1, 0.15) is 92.9 Å². The van der Waals surface area contributed by atoms with Gasteiger partial charge in [-0.1, -0.05) is 25.5 Å². The van der Waals surface area contributed by atoms with Crippen molar-refractivity contribution in [3.8, 4) is 0 Å². The molecule has 0 aromatic heterocycles. The molecule has 0 aromatic carbocycles. The zero-order chi connectivity index (χ0) is 45.9. The Bertz CT molecular complexity index is 1730. The minimum atomic E-state index is -5.12. The average molecular weight is 922 g/mol. The van der Waals surface area contributed by atoms with Crippen LogP contribution in [-0.2, 0) is 62.0 Å². The van der Waals surface area contributed by atoms with Crippen LogP contribution >= 0.6 is 0 Å². The number of allylic oxidation sites excluding steroid dienone is 1. The Morgan fingerprint density at radius 1 is 0.857 bits per heavy atom. The van der Waals surface area contributed by atoms with Gasteiger partial charge >= 0.3 is 5.97 Å². The molecule has 0 spiro atoms. The van der Waals surface area contributed by atoms with E-state index in [9.17, 15) is 43.3 Å². The molecule has 362 valence electrons. The summed E-state index contributed by atoms with van der Waals surface area (Å²) in [7, 11) is -2.10. The molecule has 0 bridgehead atoms. The van der Waals surface area contributed by atoms with Gasteiger partial charge in [0.25, 0.3) is 0 Å². The molecular formula is C43H69O19S-. The minimum absolute atomic E-state index is 0.0839. The normalized spacial score (nSPS) is 49.5. The van der Waals surface area contributed by atoms with Gasteiger partial charge in [0.2, 0.25) is 10.4 Å². The molecule has 3 heterocycles. The van der Waals surface area contributed by atoms with E-state index in [1.165, 1.54) is 19.6 Å². The number of esters is 1. The van der Waals surface area contributed by atoms with E-state index in [0.717, 1.165) is 38.5 Å². The lowest BCUT2D eigenvalue weighted by Crippen LogP contribution is -2.62. The first kappa shape index (κ1) is 49.5. The monoisotopic (exact) mass is 921 g/mol. The lowest BCUT2D eigenvalue weighted by atomic mass is 9.47. The second-order valence-corrected chi connectivity index (χ2v) is 20.6. The minimum Gasteiger partial charge on any atom is -0.726 e. The number of aliphatic hydroxyl groups excluding tert-OH is 5. The Morgan fingerprint density at radius 2 is 1.59 bits per heavy atom. The molecule has 63 heavy (non-hydrogen) atoms. The van der Waals surface area contributed by atoms with Crippen molar-refractivity contribution in [1.82, 2.24) is 0 Å². The van der Waals surface area contributed by atoms with E-state index in [1.807, 2.05) is 6.92 Å². The van der Waals surface area contributed by atoms with Crippen LogP contribution in [0.4, 0.5) is 0 Å². The maximum absolute atomic E-state index is 12.0. The van der Waals surface area contributed by atoms with E-state index >= 15 is 0 Å². The Kier molecular flexibility index (Phi) is 15.1. The summed E-state index contributed by atoms with van der Waals surface area (Å²) < 4.78 is 92.3. The SMILES string of the molecule is CO[C@H]1[C@@H](O)[C@@H](C)O[C@@H](O[C@H]2[C@@H](OC)C[C@H](O[C@H]3CC[C@@]4(C)C(=CC[C@H]5[C@@H]6C[C@@H](O[C@@H]7O[C@H](COS(=O)(=O)[O-])[C@@H](O)[C@H](O)[C@H]7O)[C@H]([C@H](C)O)[C@@]6(C)CC[C@@H]54)C3)O[C@@H]2C)[C@@H]1OC(C)=O. The first-order valence-corrected chi connectivity index (χ1v) is 23.8. The number of carbonyl (C=O) groups is 1. The molecule has 23 atom stereocenters. The van der Waals surface area contributed by atoms with Gasteiger partial charge in [0, 0.05) is 33.5 Å². The first-order chi connectivity index (χ1) is 29.6. The molecule has 3 saturated carbocycles. The van der Waals surface area contributed by atoms with E-state index in [-0.39, 0.29) is 34.7 Å². The molecular weight excluding hydrogens is 853 g/mol. The number of aliphatic hydroxyl groups is 5. The average Bonchev–Trinajstić information content (AvgIpc) is 3.52. The molecule has 19 nitrogen and oxygen atoms in total. The molecule has 0 unspecified atom stereocenters. The zero-order valence-electron chi connectivity index (χ0n) is 37.4. The number of hydrogen-bond acceptors (Lipinski definition) is 19. The van der Waals surface area contributed by atoms with Crippen LogP contribution < -0.4 is 0 Å². The summed E-state index contributed by atoms with van der Waals surface area (Å²) in [6, 6.07) is 0. The number of fused-ring (bicyclic) bond motifs is 5. The highest BCUT2D eigenvalue weighted by Crippen LogP contribution is 2.67. The summed E-state index contributed by atoms with van der Waals surface area (Å²) in [4.78, 5) is 12.0. The maximum Gasteiger partial charge on any atom is 0.303 e. The van der Waals surface area contributed by atoms with Gasteiger partial charge in [-0.2, -0.15) is 0 Å². The van der Waals surface area contributed by atoms with Gasteiger partial charge < -0.3 is 72.7 Å². The highest BCUT2D eigenvalue weighted by Gasteiger charge is 2.63. The lowest BCUT2D eigenvalue weighted by molar-refractivity contribution is -0.343. The molecule has 5 N–H and O–H groups in total. The lowest BCUT2D eigenvalue weighted by Gasteiger charge is -2.58. The third kappa shape index (κ3) is 9.80. The number of methoxy groups -OCH3 is 2. The highest BCUT2D eigenvalue weighted by atomic mass is 32.3. The quantitative estimate of drug-likeness (QED) is 0.0752. The van der Waals surface area contributed by atoms with Crippen LogP contribution in [0.15, 0.2) is 11.6 Å². The fourth-order valence-electron chi connectivity index (χ4n) is 12.8. The van der Waals surface area contributed by atoms with Crippen molar-refractivity contribution < 1.29 is 90.1 Å². The molecule has 20 heteroatoms. The van der Waals surface area contributed by atoms with Crippen LogP contribution in [0, 0.1) is 34.5 Å². The zero-order valence-corrected chi connectivity index (χ0v) is 38.2. The van der Waals surface area contributed by atoms with Gasteiger partial charge in [-0.15, -0.1) is 0 Å². The summed E-state index contributed by atoms with van der Waals surface area (Å²) >= 11 is 0. The predicted octanol–water partition coefficient (Wildman–Crippen LogP) is 1.20. The Hall–Kier alpha value is -1.44. The third-order valence-electron chi connectivity index (χ3n) is 15.9. The van der Waals surface area contributed by atoms with Gasteiger partial charge in [-0.3, -0.25) is 8.98 Å². The fraction of sp³-hybridized carbons (Fsp3) is 0.930. The summed E-state index contributed by atoms with van der Waals surface area (Å²) in [5.41, 5.74) is 0.951. The molecule has 3 saturated heterocycles. The summed E-state index contributed by atoms with van der Waals surface area (Å²) in [6.45, 7) is 10.2. The van der Waals surface area contributed by atoms with E-state index in [1.54, 1.807) is 21.0 Å². The van der Waals surface area contributed by atoms with E-state index in [2.05, 4.69) is 24.1 Å².